The van der Waals surface area contributed by atoms with Gasteiger partial charge in [-0.25, -0.2) is 0 Å². The number of nitrogens with zero attached hydrogens (tertiary/aromatic N) is 1. The first-order valence-corrected chi connectivity index (χ1v) is 8.41. The molecule has 1 atom stereocenters. The summed E-state index contributed by atoms with van der Waals surface area (Å²) in [5, 5.41) is 0.864. The fraction of sp³-hybridized carbons (Fsp3) is 0.471. The van der Waals surface area contributed by atoms with Gasteiger partial charge in [0.1, 0.15) is 0 Å². The monoisotopic (exact) mass is 320 g/mol. The van der Waals surface area contributed by atoms with Crippen LogP contribution in [0.2, 0.25) is 0 Å². The Morgan fingerprint density at radius 2 is 2.27 bits per heavy atom. The van der Waals surface area contributed by atoms with Gasteiger partial charge < -0.3 is 15.4 Å². The van der Waals surface area contributed by atoms with E-state index in [-0.39, 0.29) is 11.3 Å². The van der Waals surface area contributed by atoms with Gasteiger partial charge in [0.15, 0.2) is 0 Å². The number of rotatable bonds is 5. The lowest BCUT2D eigenvalue weighted by atomic mass is 9.79. The molecule has 1 aliphatic heterocycles. The van der Waals surface area contributed by atoms with E-state index < -0.39 is 0 Å². The second-order valence-corrected chi connectivity index (χ2v) is 7.03. The lowest BCUT2D eigenvalue weighted by Crippen LogP contribution is -2.30. The SMILES string of the molecule is COCCN(C)C(=O)c1cccc(C2(C)C=C(N)SCC2)c1. The molecule has 0 fully saturated rings. The maximum absolute atomic E-state index is 12.5. The summed E-state index contributed by atoms with van der Waals surface area (Å²) in [4.78, 5) is 14.2. The zero-order valence-electron chi connectivity index (χ0n) is 13.5. The molecular weight excluding hydrogens is 296 g/mol. The van der Waals surface area contributed by atoms with Gasteiger partial charge in [-0.2, -0.15) is 0 Å². The van der Waals surface area contributed by atoms with E-state index in [0.29, 0.717) is 18.7 Å². The van der Waals surface area contributed by atoms with Gasteiger partial charge >= 0.3 is 0 Å². The summed E-state index contributed by atoms with van der Waals surface area (Å²) in [6.45, 7) is 3.30. The van der Waals surface area contributed by atoms with Crippen LogP contribution in [0.4, 0.5) is 0 Å². The third kappa shape index (κ3) is 3.84. The number of benzene rings is 1. The van der Waals surface area contributed by atoms with Crippen molar-refractivity contribution in [2.75, 3.05) is 33.1 Å². The molecule has 0 radical (unpaired) electrons. The summed E-state index contributed by atoms with van der Waals surface area (Å²) < 4.78 is 5.03. The Hall–Kier alpha value is -1.46. The Labute approximate surface area is 136 Å². The molecule has 0 saturated carbocycles. The van der Waals surface area contributed by atoms with E-state index in [1.54, 1.807) is 30.8 Å². The molecule has 4 nitrogen and oxygen atoms in total. The van der Waals surface area contributed by atoms with Crippen molar-refractivity contribution in [3.63, 3.8) is 0 Å². The molecule has 1 aromatic rings. The number of nitrogens with two attached hydrogens (primary N) is 1. The van der Waals surface area contributed by atoms with Crippen LogP contribution in [-0.2, 0) is 10.2 Å². The predicted molar refractivity (Wildman–Crippen MR) is 92.0 cm³/mol. The van der Waals surface area contributed by atoms with Gasteiger partial charge in [-0.3, -0.25) is 4.79 Å². The molecule has 0 spiro atoms. The van der Waals surface area contributed by atoms with Gasteiger partial charge in [-0.15, -0.1) is 11.8 Å². The number of ether oxygens (including phenoxy) is 1. The number of methoxy groups -OCH3 is 1. The number of thioether (sulfide) groups is 1. The molecule has 0 bridgehead atoms. The molecule has 22 heavy (non-hydrogen) atoms. The first kappa shape index (κ1) is 16.9. The van der Waals surface area contributed by atoms with Crippen molar-refractivity contribution in [2.45, 2.75) is 18.8 Å². The van der Waals surface area contributed by atoms with Crippen molar-refractivity contribution < 1.29 is 9.53 Å². The number of allylic oxidation sites excluding steroid dienone is 1. The summed E-state index contributed by atoms with van der Waals surface area (Å²) in [5.41, 5.74) is 7.73. The molecule has 1 amide bonds. The zero-order valence-corrected chi connectivity index (χ0v) is 14.3. The molecule has 1 heterocycles. The first-order chi connectivity index (χ1) is 10.5. The summed E-state index contributed by atoms with van der Waals surface area (Å²) in [6, 6.07) is 7.88. The highest BCUT2D eigenvalue weighted by atomic mass is 32.2. The van der Waals surface area contributed by atoms with Crippen LogP contribution in [0.15, 0.2) is 35.4 Å². The highest BCUT2D eigenvalue weighted by Crippen LogP contribution is 2.37. The highest BCUT2D eigenvalue weighted by Gasteiger charge is 2.28. The van der Waals surface area contributed by atoms with Gasteiger partial charge in [0, 0.05) is 37.4 Å². The van der Waals surface area contributed by atoms with Crippen molar-refractivity contribution in [2.24, 2.45) is 5.73 Å². The van der Waals surface area contributed by atoms with E-state index in [0.717, 1.165) is 22.8 Å². The smallest absolute Gasteiger partial charge is 0.253 e. The van der Waals surface area contributed by atoms with E-state index in [4.69, 9.17) is 10.5 Å². The number of hydrogen-bond acceptors (Lipinski definition) is 4. The van der Waals surface area contributed by atoms with Crippen molar-refractivity contribution in [1.29, 1.82) is 0 Å². The van der Waals surface area contributed by atoms with Crippen LogP contribution in [0.1, 0.15) is 29.3 Å². The standard InChI is InChI=1S/C17H24N2O2S/c1-17(7-10-22-15(18)12-17)14-6-4-5-13(11-14)16(20)19(2)8-9-21-3/h4-6,11-12H,7-10,18H2,1-3H3. The van der Waals surface area contributed by atoms with Gasteiger partial charge in [-0.1, -0.05) is 19.1 Å². The minimum Gasteiger partial charge on any atom is -0.394 e. The van der Waals surface area contributed by atoms with E-state index in [1.807, 2.05) is 18.2 Å². The molecule has 2 rings (SSSR count). The van der Waals surface area contributed by atoms with Gasteiger partial charge in [0.2, 0.25) is 0 Å². The van der Waals surface area contributed by atoms with Crippen LogP contribution in [-0.4, -0.2) is 43.9 Å². The number of carbonyl (C=O) groups is 1. The van der Waals surface area contributed by atoms with Crippen LogP contribution in [0.3, 0.4) is 0 Å². The lowest BCUT2D eigenvalue weighted by Gasteiger charge is -2.31. The summed E-state index contributed by atoms with van der Waals surface area (Å²) in [7, 11) is 3.43. The largest absolute Gasteiger partial charge is 0.394 e. The quantitative estimate of drug-likeness (QED) is 0.906. The lowest BCUT2D eigenvalue weighted by molar-refractivity contribution is 0.0744. The second-order valence-electron chi connectivity index (χ2n) is 5.86. The maximum atomic E-state index is 12.5. The third-order valence-electron chi connectivity index (χ3n) is 4.10. The zero-order chi connectivity index (χ0) is 16.2. The van der Waals surface area contributed by atoms with E-state index in [2.05, 4.69) is 19.1 Å². The fourth-order valence-corrected chi connectivity index (χ4v) is 3.70. The van der Waals surface area contributed by atoms with E-state index in [1.165, 1.54) is 0 Å². The van der Waals surface area contributed by atoms with Crippen molar-refractivity contribution in [1.82, 2.24) is 4.90 Å². The molecule has 120 valence electrons. The summed E-state index contributed by atoms with van der Waals surface area (Å²) in [6.07, 6.45) is 3.13. The molecular formula is C17H24N2O2S. The topological polar surface area (TPSA) is 55.6 Å². The Balaban J connectivity index is 2.23. The summed E-state index contributed by atoms with van der Waals surface area (Å²) >= 11 is 1.69. The number of likely N-dealkylation sites (N-methyl/N-ethyl adjacent to an activating group) is 1. The molecule has 5 heteroatoms. The van der Waals surface area contributed by atoms with Crippen LogP contribution >= 0.6 is 11.8 Å². The van der Waals surface area contributed by atoms with Gasteiger partial charge in [-0.05, 0) is 30.2 Å². The minimum absolute atomic E-state index is 0.0182. The number of carbonyl (C=O) groups excluding carboxylic acids is 1. The average Bonchev–Trinajstić information content (AvgIpc) is 2.51. The first-order valence-electron chi connectivity index (χ1n) is 7.42. The molecule has 0 aliphatic carbocycles. The molecule has 2 N–H and O–H groups in total. The fourth-order valence-electron chi connectivity index (χ4n) is 2.59. The number of amides is 1. The molecule has 1 unspecified atom stereocenters. The Morgan fingerprint density at radius 1 is 1.50 bits per heavy atom. The van der Waals surface area contributed by atoms with E-state index in [9.17, 15) is 4.79 Å². The van der Waals surface area contributed by atoms with Gasteiger partial charge in [0.25, 0.3) is 5.91 Å². The Morgan fingerprint density at radius 3 is 2.95 bits per heavy atom. The number of hydrogen-bond donors (Lipinski definition) is 1. The Bertz CT molecular complexity index is 574. The maximum Gasteiger partial charge on any atom is 0.253 e. The van der Waals surface area contributed by atoms with Crippen LogP contribution in [0, 0.1) is 0 Å². The van der Waals surface area contributed by atoms with Crippen LogP contribution in [0.25, 0.3) is 0 Å². The molecule has 1 aromatic carbocycles. The van der Waals surface area contributed by atoms with E-state index >= 15 is 0 Å². The molecule has 0 saturated heterocycles. The van der Waals surface area contributed by atoms with Crippen molar-refractivity contribution >= 4 is 17.7 Å². The van der Waals surface area contributed by atoms with Crippen LogP contribution < -0.4 is 5.73 Å². The predicted octanol–water partition coefficient (Wildman–Crippen LogP) is 2.60. The van der Waals surface area contributed by atoms with Crippen molar-refractivity contribution in [3.05, 3.63) is 46.5 Å². The second kappa shape index (κ2) is 7.20. The third-order valence-corrected chi connectivity index (χ3v) is 4.96. The van der Waals surface area contributed by atoms with Crippen LogP contribution in [0.5, 0.6) is 0 Å². The average molecular weight is 320 g/mol. The molecule has 0 aromatic heterocycles. The molecule has 1 aliphatic rings. The van der Waals surface area contributed by atoms with Crippen molar-refractivity contribution in [3.8, 4) is 0 Å². The Kier molecular flexibility index (Phi) is 5.53. The minimum atomic E-state index is -0.100. The normalized spacial score (nSPS) is 21.3. The van der Waals surface area contributed by atoms with Gasteiger partial charge in [0.05, 0.1) is 11.6 Å². The summed E-state index contributed by atoms with van der Waals surface area (Å²) in [5.74, 6) is 1.02. The highest BCUT2D eigenvalue weighted by molar-refractivity contribution is 8.03.